The van der Waals surface area contributed by atoms with Gasteiger partial charge in [-0.2, -0.15) is 5.10 Å². The zero-order chi connectivity index (χ0) is 16.6. The van der Waals surface area contributed by atoms with E-state index in [0.717, 1.165) is 31.1 Å². The van der Waals surface area contributed by atoms with Gasteiger partial charge < -0.3 is 9.84 Å². The molecular weight excluding hydrogens is 377 g/mol. The summed E-state index contributed by atoms with van der Waals surface area (Å²) in [6, 6.07) is 3.10. The van der Waals surface area contributed by atoms with Crippen molar-refractivity contribution in [3.05, 3.63) is 22.8 Å². The molecule has 1 aliphatic carbocycles. The van der Waals surface area contributed by atoms with Crippen LogP contribution in [-0.2, 0) is 0 Å². The predicted molar refractivity (Wildman–Crippen MR) is 82.2 cm³/mol. The van der Waals surface area contributed by atoms with Crippen molar-refractivity contribution in [2.45, 2.75) is 38.1 Å². The maximum atomic E-state index is 12.4. The Balaban J connectivity index is 1.84. The average Bonchev–Trinajstić information content (AvgIpc) is 2.89. The van der Waals surface area contributed by atoms with Crippen LogP contribution in [0.25, 0.3) is 10.9 Å². The predicted octanol–water partition coefficient (Wildman–Crippen LogP) is 4.42. The summed E-state index contributed by atoms with van der Waals surface area (Å²) in [5.74, 6) is 0.0522. The molecule has 23 heavy (non-hydrogen) atoms. The molecule has 2 aromatic rings. The molecule has 0 radical (unpaired) electrons. The third-order valence-electron chi connectivity index (χ3n) is 4.25. The lowest BCUT2D eigenvalue weighted by molar-refractivity contribution is -0.274. The number of aliphatic hydroxyl groups excluding tert-OH is 1. The molecule has 4 nitrogen and oxygen atoms in total. The summed E-state index contributed by atoms with van der Waals surface area (Å²) >= 11 is 3.10. The Kier molecular flexibility index (Phi) is 4.55. The highest BCUT2D eigenvalue weighted by Gasteiger charge is 2.32. The van der Waals surface area contributed by atoms with E-state index in [1.165, 1.54) is 6.07 Å². The molecule has 0 saturated heterocycles. The van der Waals surface area contributed by atoms with Gasteiger partial charge in [-0.25, -0.2) is 0 Å². The number of hydrogen-bond donors (Lipinski definition) is 1. The number of rotatable bonds is 3. The van der Waals surface area contributed by atoms with Gasteiger partial charge in [-0.3, -0.25) is 4.68 Å². The van der Waals surface area contributed by atoms with E-state index in [1.807, 2.05) is 10.9 Å². The monoisotopic (exact) mass is 392 g/mol. The van der Waals surface area contributed by atoms with Crippen molar-refractivity contribution in [3.8, 4) is 5.75 Å². The van der Waals surface area contributed by atoms with Gasteiger partial charge in [0.2, 0.25) is 0 Å². The quantitative estimate of drug-likeness (QED) is 0.840. The van der Waals surface area contributed by atoms with E-state index in [1.54, 1.807) is 6.07 Å². The molecule has 0 unspecified atom stereocenters. The third kappa shape index (κ3) is 3.80. The highest BCUT2D eigenvalue weighted by Crippen LogP contribution is 2.36. The first-order valence-corrected chi connectivity index (χ1v) is 8.20. The third-order valence-corrected chi connectivity index (χ3v) is 4.87. The maximum absolute atomic E-state index is 12.4. The van der Waals surface area contributed by atoms with Gasteiger partial charge in [0.15, 0.2) is 0 Å². The normalized spacial score (nSPS) is 22.5. The number of benzene rings is 1. The van der Waals surface area contributed by atoms with E-state index in [2.05, 4.69) is 25.8 Å². The van der Waals surface area contributed by atoms with Gasteiger partial charge >= 0.3 is 6.36 Å². The summed E-state index contributed by atoms with van der Waals surface area (Å²) in [6.07, 6.45) is 0.800. The zero-order valence-electron chi connectivity index (χ0n) is 12.2. The number of halogens is 4. The van der Waals surface area contributed by atoms with Gasteiger partial charge in [0.1, 0.15) is 5.75 Å². The van der Waals surface area contributed by atoms with Crippen LogP contribution in [-0.4, -0.2) is 27.9 Å². The summed E-state index contributed by atoms with van der Waals surface area (Å²) in [4.78, 5) is 0. The highest BCUT2D eigenvalue weighted by molar-refractivity contribution is 9.10. The largest absolute Gasteiger partial charge is 0.573 e. The van der Waals surface area contributed by atoms with Crippen molar-refractivity contribution in [2.24, 2.45) is 5.92 Å². The Morgan fingerprint density at radius 3 is 2.57 bits per heavy atom. The van der Waals surface area contributed by atoms with Crippen molar-refractivity contribution in [3.63, 3.8) is 0 Å². The number of fused-ring (bicyclic) bond motifs is 1. The van der Waals surface area contributed by atoms with Crippen LogP contribution in [0.3, 0.4) is 0 Å². The smallest absolute Gasteiger partial charge is 0.405 e. The van der Waals surface area contributed by atoms with E-state index in [4.69, 9.17) is 0 Å². The second-order valence-electron chi connectivity index (χ2n) is 5.86. The van der Waals surface area contributed by atoms with Crippen LogP contribution in [0.1, 0.15) is 31.7 Å². The standard InChI is InChI=1S/C15H16BrF3N2O2/c16-12-5-10-7-21(11-3-1-9(8-22)2-4-11)20-13(10)6-14(12)23-15(17,18)19/h5-7,9,11,22H,1-4,8H2/t9-,11-. The lowest BCUT2D eigenvalue weighted by atomic mass is 9.87. The Labute approximate surface area is 139 Å². The van der Waals surface area contributed by atoms with Gasteiger partial charge in [0.25, 0.3) is 0 Å². The first-order valence-electron chi connectivity index (χ1n) is 7.41. The molecule has 0 spiro atoms. The minimum absolute atomic E-state index is 0.207. The van der Waals surface area contributed by atoms with Gasteiger partial charge in [0, 0.05) is 24.3 Å². The molecule has 8 heteroatoms. The number of aliphatic hydroxyl groups is 1. The summed E-state index contributed by atoms with van der Waals surface area (Å²) < 4.78 is 43.3. The molecular formula is C15H16BrF3N2O2. The van der Waals surface area contributed by atoms with Crippen LogP contribution < -0.4 is 4.74 Å². The topological polar surface area (TPSA) is 47.3 Å². The molecule has 0 atom stereocenters. The molecule has 0 bridgehead atoms. The average molecular weight is 393 g/mol. The van der Waals surface area contributed by atoms with Gasteiger partial charge in [0.05, 0.1) is 16.0 Å². The molecule has 126 valence electrons. The molecule has 0 aliphatic heterocycles. The Morgan fingerprint density at radius 1 is 1.26 bits per heavy atom. The molecule has 1 heterocycles. The first kappa shape index (κ1) is 16.6. The lowest BCUT2D eigenvalue weighted by Crippen LogP contribution is -2.20. The van der Waals surface area contributed by atoms with Crippen LogP contribution in [0.2, 0.25) is 0 Å². The number of ether oxygens (including phenoxy) is 1. The van der Waals surface area contributed by atoms with E-state index < -0.39 is 6.36 Å². The molecule has 1 saturated carbocycles. The first-order chi connectivity index (χ1) is 10.9. The van der Waals surface area contributed by atoms with Gasteiger partial charge in [-0.15, -0.1) is 13.2 Å². The summed E-state index contributed by atoms with van der Waals surface area (Å²) in [6.45, 7) is 0.207. The molecule has 1 N–H and O–H groups in total. The molecule has 1 aromatic carbocycles. The minimum atomic E-state index is -4.73. The minimum Gasteiger partial charge on any atom is -0.405 e. The maximum Gasteiger partial charge on any atom is 0.573 e. The highest BCUT2D eigenvalue weighted by atomic mass is 79.9. The molecule has 1 aromatic heterocycles. The van der Waals surface area contributed by atoms with Gasteiger partial charge in [-0.05, 0) is 53.6 Å². The van der Waals surface area contributed by atoms with Gasteiger partial charge in [-0.1, -0.05) is 0 Å². The zero-order valence-corrected chi connectivity index (χ0v) is 13.8. The van der Waals surface area contributed by atoms with Crippen LogP contribution in [0.4, 0.5) is 13.2 Å². The fraction of sp³-hybridized carbons (Fsp3) is 0.533. The van der Waals surface area contributed by atoms with Crippen LogP contribution in [0, 0.1) is 5.92 Å². The number of aromatic nitrogens is 2. The van der Waals surface area contributed by atoms with E-state index in [0.29, 0.717) is 11.4 Å². The molecule has 0 amide bonds. The van der Waals surface area contributed by atoms with Crippen molar-refractivity contribution < 1.29 is 23.0 Å². The Hall–Kier alpha value is -1.28. The van der Waals surface area contributed by atoms with Crippen LogP contribution in [0.15, 0.2) is 22.8 Å². The number of nitrogens with zero attached hydrogens (tertiary/aromatic N) is 2. The number of hydrogen-bond acceptors (Lipinski definition) is 3. The van der Waals surface area contributed by atoms with Crippen LogP contribution in [0.5, 0.6) is 5.75 Å². The molecule has 1 fully saturated rings. The molecule has 1 aliphatic rings. The van der Waals surface area contributed by atoms with Crippen LogP contribution >= 0.6 is 15.9 Å². The van der Waals surface area contributed by atoms with Crippen molar-refractivity contribution in [2.75, 3.05) is 6.61 Å². The van der Waals surface area contributed by atoms with E-state index in [9.17, 15) is 18.3 Å². The Bertz CT molecular complexity index is 694. The lowest BCUT2D eigenvalue weighted by Gasteiger charge is -2.27. The number of alkyl halides is 3. The van der Waals surface area contributed by atoms with E-state index >= 15 is 0 Å². The van der Waals surface area contributed by atoms with E-state index in [-0.39, 0.29) is 22.9 Å². The summed E-state index contributed by atoms with van der Waals surface area (Å²) in [5.41, 5.74) is 0.469. The fourth-order valence-electron chi connectivity index (χ4n) is 3.03. The molecule has 3 rings (SSSR count). The SMILES string of the molecule is OC[C@H]1CC[C@H](n2cc3cc(Br)c(OC(F)(F)F)cc3n2)CC1. The Morgan fingerprint density at radius 2 is 1.96 bits per heavy atom. The summed E-state index contributed by atoms with van der Waals surface area (Å²) in [5, 5.41) is 14.3. The van der Waals surface area contributed by atoms with Crippen molar-refractivity contribution in [1.82, 2.24) is 9.78 Å². The fourth-order valence-corrected chi connectivity index (χ4v) is 3.47. The summed E-state index contributed by atoms with van der Waals surface area (Å²) in [7, 11) is 0. The van der Waals surface area contributed by atoms with Crippen molar-refractivity contribution >= 4 is 26.8 Å². The van der Waals surface area contributed by atoms with Crippen molar-refractivity contribution in [1.29, 1.82) is 0 Å². The second-order valence-corrected chi connectivity index (χ2v) is 6.71. The second kappa shape index (κ2) is 6.32.